The summed E-state index contributed by atoms with van der Waals surface area (Å²) >= 11 is 1.56. The van der Waals surface area contributed by atoms with E-state index < -0.39 is 0 Å². The van der Waals surface area contributed by atoms with Crippen molar-refractivity contribution in [3.8, 4) is 10.9 Å². The molecule has 2 N–H and O–H groups in total. The highest BCUT2D eigenvalue weighted by Crippen LogP contribution is 2.31. The first-order valence-corrected chi connectivity index (χ1v) is 10.1. The van der Waals surface area contributed by atoms with Crippen molar-refractivity contribution >= 4 is 21.6 Å². The molecule has 3 aromatic rings. The summed E-state index contributed by atoms with van der Waals surface area (Å²) in [4.78, 5) is 4.50. The first-order valence-electron chi connectivity index (χ1n) is 9.32. The average Bonchev–Trinajstić information content (AvgIpc) is 3.07. The van der Waals surface area contributed by atoms with Gasteiger partial charge in [0, 0.05) is 6.04 Å². The van der Waals surface area contributed by atoms with E-state index in [4.69, 9.17) is 4.74 Å². The Kier molecular flexibility index (Phi) is 5.48. The van der Waals surface area contributed by atoms with E-state index in [-0.39, 0.29) is 12.1 Å². The summed E-state index contributed by atoms with van der Waals surface area (Å²) in [6.07, 6.45) is 5.13. The number of rotatable bonds is 6. The molecular formula is C21H24N2O2S. The Labute approximate surface area is 157 Å². The fourth-order valence-corrected chi connectivity index (χ4v) is 4.31. The summed E-state index contributed by atoms with van der Waals surface area (Å²) in [5, 5.41) is 14.2. The second kappa shape index (κ2) is 8.16. The van der Waals surface area contributed by atoms with Crippen LogP contribution in [-0.4, -0.2) is 28.8 Å². The van der Waals surface area contributed by atoms with Crippen molar-refractivity contribution in [2.24, 2.45) is 0 Å². The molecule has 1 aromatic heterocycles. The average molecular weight is 369 g/mol. The molecule has 26 heavy (non-hydrogen) atoms. The van der Waals surface area contributed by atoms with Crippen LogP contribution in [0.2, 0.25) is 0 Å². The van der Waals surface area contributed by atoms with Gasteiger partial charge in [-0.25, -0.2) is 4.98 Å². The molecule has 0 bridgehead atoms. The molecule has 0 aliphatic heterocycles. The summed E-state index contributed by atoms with van der Waals surface area (Å²) in [7, 11) is 0. The van der Waals surface area contributed by atoms with Gasteiger partial charge < -0.3 is 15.2 Å². The minimum Gasteiger partial charge on any atom is -0.431 e. The number of hydrogen-bond acceptors (Lipinski definition) is 5. The number of fused-ring (bicyclic) bond motifs is 1. The third-order valence-corrected chi connectivity index (χ3v) is 5.87. The van der Waals surface area contributed by atoms with E-state index >= 15 is 0 Å². The molecule has 1 unspecified atom stereocenters. The number of nitrogens with one attached hydrogen (secondary N) is 1. The van der Waals surface area contributed by atoms with Crippen molar-refractivity contribution in [2.75, 3.05) is 6.54 Å². The van der Waals surface area contributed by atoms with Crippen LogP contribution in [0.15, 0.2) is 48.5 Å². The van der Waals surface area contributed by atoms with Crippen molar-refractivity contribution in [3.63, 3.8) is 0 Å². The van der Waals surface area contributed by atoms with Gasteiger partial charge in [-0.05, 0) is 55.6 Å². The van der Waals surface area contributed by atoms with Gasteiger partial charge in [0.15, 0.2) is 0 Å². The molecule has 136 valence electrons. The minimum atomic E-state index is -0.187. The fourth-order valence-electron chi connectivity index (χ4n) is 3.47. The Morgan fingerprint density at radius 3 is 2.69 bits per heavy atom. The second-order valence-electron chi connectivity index (χ2n) is 6.86. The summed E-state index contributed by atoms with van der Waals surface area (Å²) < 4.78 is 7.03. The zero-order chi connectivity index (χ0) is 17.8. The van der Waals surface area contributed by atoms with Crippen molar-refractivity contribution in [3.05, 3.63) is 54.1 Å². The number of aliphatic hydroxyl groups is 1. The van der Waals surface area contributed by atoms with E-state index in [1.165, 1.54) is 12.0 Å². The van der Waals surface area contributed by atoms with Gasteiger partial charge in [-0.3, -0.25) is 0 Å². The largest absolute Gasteiger partial charge is 0.431 e. The van der Waals surface area contributed by atoms with Crippen LogP contribution in [0.4, 0.5) is 0 Å². The Bertz CT molecular complexity index is 814. The summed E-state index contributed by atoms with van der Waals surface area (Å²) in [6.45, 7) is 0.889. The van der Waals surface area contributed by atoms with Gasteiger partial charge in [0.05, 0.1) is 16.3 Å². The first-order chi connectivity index (χ1) is 12.8. The molecule has 1 saturated carbocycles. The summed E-state index contributed by atoms with van der Waals surface area (Å²) in [5.41, 5.74) is 2.24. The van der Waals surface area contributed by atoms with Crippen LogP contribution in [0.5, 0.6) is 10.9 Å². The van der Waals surface area contributed by atoms with E-state index in [0.29, 0.717) is 5.19 Å². The van der Waals surface area contributed by atoms with Gasteiger partial charge in [-0.1, -0.05) is 48.4 Å². The van der Waals surface area contributed by atoms with Gasteiger partial charge >= 0.3 is 0 Å². The molecule has 0 amide bonds. The predicted octanol–water partition coefficient (Wildman–Crippen LogP) is 4.52. The number of thiazole rings is 1. The molecule has 1 fully saturated rings. The lowest BCUT2D eigenvalue weighted by molar-refractivity contribution is 0.0914. The molecule has 1 aliphatic carbocycles. The topological polar surface area (TPSA) is 54.4 Å². The van der Waals surface area contributed by atoms with Crippen molar-refractivity contribution in [1.29, 1.82) is 0 Å². The third kappa shape index (κ3) is 4.23. The van der Waals surface area contributed by atoms with Crippen LogP contribution in [0.25, 0.3) is 10.2 Å². The van der Waals surface area contributed by atoms with Crippen LogP contribution in [0.1, 0.15) is 31.2 Å². The maximum absolute atomic E-state index is 10.0. The zero-order valence-electron chi connectivity index (χ0n) is 14.7. The molecule has 0 spiro atoms. The standard InChI is InChI=1S/C21H24N2O2S/c24-19-7-3-1-5-17(19)22-14-13-15-9-11-16(12-10-15)25-21-23-18-6-2-4-8-20(18)26-21/h2,4,6,8-12,17,19,22,24H,1,3,5,7,13-14H2/t17-,19?/m1/s1. The first kappa shape index (κ1) is 17.5. The van der Waals surface area contributed by atoms with Gasteiger partial charge in [0.2, 0.25) is 0 Å². The van der Waals surface area contributed by atoms with Crippen molar-refractivity contribution < 1.29 is 9.84 Å². The lowest BCUT2D eigenvalue weighted by Gasteiger charge is -2.28. The molecule has 2 aromatic carbocycles. The minimum absolute atomic E-state index is 0.187. The molecule has 4 rings (SSSR count). The quantitative estimate of drug-likeness (QED) is 0.671. The van der Waals surface area contributed by atoms with Crippen molar-refractivity contribution in [2.45, 2.75) is 44.2 Å². The Balaban J connectivity index is 1.30. The second-order valence-corrected chi connectivity index (χ2v) is 7.85. The number of nitrogens with zero attached hydrogens (tertiary/aromatic N) is 1. The molecule has 5 heteroatoms. The normalized spacial score (nSPS) is 20.3. The van der Waals surface area contributed by atoms with E-state index in [1.807, 2.05) is 30.3 Å². The highest BCUT2D eigenvalue weighted by Gasteiger charge is 2.21. The fraction of sp³-hybridized carbons (Fsp3) is 0.381. The van der Waals surface area contributed by atoms with E-state index in [9.17, 15) is 5.11 Å². The van der Waals surface area contributed by atoms with Crippen molar-refractivity contribution in [1.82, 2.24) is 10.3 Å². The molecule has 1 heterocycles. The van der Waals surface area contributed by atoms with Gasteiger partial charge in [-0.2, -0.15) is 0 Å². The smallest absolute Gasteiger partial charge is 0.279 e. The Morgan fingerprint density at radius 1 is 1.08 bits per heavy atom. The molecule has 1 aliphatic rings. The Morgan fingerprint density at radius 2 is 1.88 bits per heavy atom. The van der Waals surface area contributed by atoms with Crippen LogP contribution >= 0.6 is 11.3 Å². The number of benzene rings is 2. The van der Waals surface area contributed by atoms with Gasteiger partial charge in [0.25, 0.3) is 5.19 Å². The van der Waals surface area contributed by atoms with Gasteiger partial charge in [-0.15, -0.1) is 0 Å². The maximum atomic E-state index is 10.0. The molecule has 4 nitrogen and oxygen atoms in total. The number of para-hydroxylation sites is 1. The number of aromatic nitrogens is 1. The molecule has 2 atom stereocenters. The lowest BCUT2D eigenvalue weighted by Crippen LogP contribution is -2.42. The number of hydrogen-bond donors (Lipinski definition) is 2. The number of aliphatic hydroxyl groups excluding tert-OH is 1. The predicted molar refractivity (Wildman–Crippen MR) is 106 cm³/mol. The molecule has 0 saturated heterocycles. The van der Waals surface area contributed by atoms with Gasteiger partial charge in [0.1, 0.15) is 5.75 Å². The lowest BCUT2D eigenvalue weighted by atomic mass is 9.92. The Hall–Kier alpha value is -1.95. The van der Waals surface area contributed by atoms with Crippen LogP contribution in [0.3, 0.4) is 0 Å². The summed E-state index contributed by atoms with van der Waals surface area (Å²) in [5.74, 6) is 0.809. The highest BCUT2D eigenvalue weighted by molar-refractivity contribution is 7.20. The molecular weight excluding hydrogens is 344 g/mol. The third-order valence-electron chi connectivity index (χ3n) is 4.95. The maximum Gasteiger partial charge on any atom is 0.279 e. The van der Waals surface area contributed by atoms with Crippen LogP contribution in [0, 0.1) is 0 Å². The SMILES string of the molecule is OC1CCCC[C@H]1NCCc1ccc(Oc2nc3ccccc3s2)cc1. The van der Waals surface area contributed by atoms with Crippen LogP contribution < -0.4 is 10.1 Å². The zero-order valence-corrected chi connectivity index (χ0v) is 15.5. The van der Waals surface area contributed by atoms with E-state index in [2.05, 4.69) is 28.5 Å². The number of ether oxygens (including phenoxy) is 1. The molecule has 0 radical (unpaired) electrons. The van der Waals surface area contributed by atoms with E-state index in [0.717, 1.165) is 48.2 Å². The summed E-state index contributed by atoms with van der Waals surface area (Å²) in [6, 6.07) is 16.5. The van der Waals surface area contributed by atoms with Crippen LogP contribution in [-0.2, 0) is 6.42 Å². The van der Waals surface area contributed by atoms with E-state index in [1.54, 1.807) is 11.3 Å². The monoisotopic (exact) mass is 368 g/mol. The highest BCUT2D eigenvalue weighted by atomic mass is 32.1.